The standard InChI is InChI=1S/C23H23ClN4O3S/c24-18-8-10-20(11-9-18)32(30,31)27-14-12-26(13-15-27)23(29)22-16-21(17-6-7-17)25-28(22)19-4-2-1-3-5-19/h1-5,8-11,16-17H,6-7,12-15H2. The van der Waals surface area contributed by atoms with E-state index in [0.29, 0.717) is 29.7 Å². The normalized spacial score (nSPS) is 17.5. The third kappa shape index (κ3) is 4.05. The minimum Gasteiger partial charge on any atom is -0.335 e. The Bertz CT molecular complexity index is 1230. The Morgan fingerprint density at radius 1 is 0.938 bits per heavy atom. The number of piperazine rings is 1. The summed E-state index contributed by atoms with van der Waals surface area (Å²) in [4.78, 5) is 15.3. The third-order valence-corrected chi connectivity index (χ3v) is 8.09. The largest absolute Gasteiger partial charge is 0.335 e. The summed E-state index contributed by atoms with van der Waals surface area (Å²) >= 11 is 5.88. The van der Waals surface area contributed by atoms with Crippen molar-refractivity contribution >= 4 is 27.5 Å². The Hall–Kier alpha value is -2.68. The Morgan fingerprint density at radius 2 is 1.59 bits per heavy atom. The van der Waals surface area contributed by atoms with Crippen molar-refractivity contribution in [1.29, 1.82) is 0 Å². The van der Waals surface area contributed by atoms with E-state index >= 15 is 0 Å². The second kappa shape index (κ2) is 8.35. The molecule has 3 aromatic rings. The highest BCUT2D eigenvalue weighted by atomic mass is 35.5. The number of hydrogen-bond donors (Lipinski definition) is 0. The Labute approximate surface area is 192 Å². The monoisotopic (exact) mass is 470 g/mol. The topological polar surface area (TPSA) is 75.5 Å². The summed E-state index contributed by atoms with van der Waals surface area (Å²) in [6, 6.07) is 17.7. The molecule has 1 aromatic heterocycles. The molecule has 1 aliphatic carbocycles. The van der Waals surface area contributed by atoms with Crippen LogP contribution in [-0.4, -0.2) is 59.5 Å². The maximum atomic E-state index is 13.4. The van der Waals surface area contributed by atoms with Gasteiger partial charge in [-0.25, -0.2) is 13.1 Å². The molecule has 2 aromatic carbocycles. The molecule has 0 bridgehead atoms. The summed E-state index contributed by atoms with van der Waals surface area (Å²) in [6.07, 6.45) is 2.20. The van der Waals surface area contributed by atoms with Gasteiger partial charge in [0.1, 0.15) is 5.69 Å². The summed E-state index contributed by atoms with van der Waals surface area (Å²) < 4.78 is 29.0. The van der Waals surface area contributed by atoms with Crippen molar-refractivity contribution in [3.8, 4) is 5.69 Å². The van der Waals surface area contributed by atoms with Crippen LogP contribution in [0, 0.1) is 0 Å². The Balaban J connectivity index is 1.34. The second-order valence-electron chi connectivity index (χ2n) is 8.13. The van der Waals surface area contributed by atoms with Crippen LogP contribution in [0.15, 0.2) is 65.6 Å². The van der Waals surface area contributed by atoms with Gasteiger partial charge in [0.15, 0.2) is 0 Å². The summed E-state index contributed by atoms with van der Waals surface area (Å²) in [5.41, 5.74) is 2.31. The third-order valence-electron chi connectivity index (χ3n) is 5.92. The number of benzene rings is 2. The van der Waals surface area contributed by atoms with Crippen LogP contribution in [0.25, 0.3) is 5.69 Å². The van der Waals surface area contributed by atoms with E-state index in [0.717, 1.165) is 24.2 Å². The molecule has 0 spiro atoms. The first-order valence-electron chi connectivity index (χ1n) is 10.6. The fraction of sp³-hybridized carbons (Fsp3) is 0.304. The zero-order chi connectivity index (χ0) is 22.3. The Kier molecular flexibility index (Phi) is 5.53. The van der Waals surface area contributed by atoms with Gasteiger partial charge in [0.2, 0.25) is 10.0 Å². The van der Waals surface area contributed by atoms with Crippen LogP contribution in [-0.2, 0) is 10.0 Å². The molecular weight excluding hydrogens is 448 g/mol. The molecule has 7 nitrogen and oxygen atoms in total. The molecule has 2 heterocycles. The molecule has 1 amide bonds. The molecule has 0 radical (unpaired) electrons. The number of aromatic nitrogens is 2. The lowest BCUT2D eigenvalue weighted by atomic mass is 10.2. The quantitative estimate of drug-likeness (QED) is 0.571. The fourth-order valence-electron chi connectivity index (χ4n) is 3.95. The number of carbonyl (C=O) groups excluding carboxylic acids is 1. The molecule has 0 atom stereocenters. The first-order chi connectivity index (χ1) is 15.4. The Morgan fingerprint density at radius 3 is 2.22 bits per heavy atom. The van der Waals surface area contributed by atoms with Crippen LogP contribution in [0.4, 0.5) is 0 Å². The second-order valence-corrected chi connectivity index (χ2v) is 10.5. The first-order valence-corrected chi connectivity index (χ1v) is 12.5. The first kappa shape index (κ1) is 21.2. The van der Waals surface area contributed by atoms with E-state index in [-0.39, 0.29) is 23.9 Å². The molecule has 1 aliphatic heterocycles. The van der Waals surface area contributed by atoms with Gasteiger partial charge in [0, 0.05) is 37.1 Å². The number of rotatable bonds is 5. The number of carbonyl (C=O) groups is 1. The van der Waals surface area contributed by atoms with Gasteiger partial charge < -0.3 is 4.90 Å². The predicted molar refractivity (Wildman–Crippen MR) is 122 cm³/mol. The lowest BCUT2D eigenvalue weighted by Crippen LogP contribution is -2.50. The average Bonchev–Trinajstić information content (AvgIpc) is 3.58. The van der Waals surface area contributed by atoms with Gasteiger partial charge in [-0.05, 0) is 55.3 Å². The number of sulfonamides is 1. The molecule has 5 rings (SSSR count). The van der Waals surface area contributed by atoms with Gasteiger partial charge in [-0.2, -0.15) is 9.40 Å². The molecule has 9 heteroatoms. The minimum atomic E-state index is -3.62. The molecule has 1 saturated carbocycles. The van der Waals surface area contributed by atoms with Crippen molar-refractivity contribution in [3.63, 3.8) is 0 Å². The molecular formula is C23H23ClN4O3S. The van der Waals surface area contributed by atoms with E-state index in [1.54, 1.807) is 21.7 Å². The van der Waals surface area contributed by atoms with E-state index in [9.17, 15) is 13.2 Å². The molecule has 2 fully saturated rings. The number of hydrogen-bond acceptors (Lipinski definition) is 4. The number of para-hydroxylation sites is 1. The van der Waals surface area contributed by atoms with Crippen LogP contribution >= 0.6 is 11.6 Å². The van der Waals surface area contributed by atoms with E-state index in [2.05, 4.69) is 0 Å². The molecule has 2 aliphatic rings. The number of halogens is 1. The van der Waals surface area contributed by atoms with Crippen LogP contribution in [0.3, 0.4) is 0 Å². The van der Waals surface area contributed by atoms with E-state index in [1.165, 1.54) is 16.4 Å². The van der Waals surface area contributed by atoms with Crippen molar-refractivity contribution < 1.29 is 13.2 Å². The summed E-state index contributed by atoms with van der Waals surface area (Å²) in [7, 11) is -3.62. The lowest BCUT2D eigenvalue weighted by molar-refractivity contribution is 0.0688. The van der Waals surface area contributed by atoms with E-state index in [4.69, 9.17) is 16.7 Å². The minimum absolute atomic E-state index is 0.128. The van der Waals surface area contributed by atoms with Gasteiger partial charge >= 0.3 is 0 Å². The molecule has 0 N–H and O–H groups in total. The van der Waals surface area contributed by atoms with E-state index in [1.807, 2.05) is 36.4 Å². The highest BCUT2D eigenvalue weighted by Gasteiger charge is 2.33. The van der Waals surface area contributed by atoms with Gasteiger partial charge in [0.25, 0.3) is 5.91 Å². The van der Waals surface area contributed by atoms with Crippen LogP contribution in [0.5, 0.6) is 0 Å². The van der Waals surface area contributed by atoms with Gasteiger partial charge in [-0.15, -0.1) is 0 Å². The van der Waals surface area contributed by atoms with Crippen molar-refractivity contribution in [1.82, 2.24) is 19.0 Å². The van der Waals surface area contributed by atoms with Gasteiger partial charge in [-0.1, -0.05) is 29.8 Å². The average molecular weight is 471 g/mol. The van der Waals surface area contributed by atoms with Crippen LogP contribution in [0.2, 0.25) is 5.02 Å². The molecule has 0 unspecified atom stereocenters. The summed E-state index contributed by atoms with van der Waals surface area (Å²) in [5, 5.41) is 5.20. The SMILES string of the molecule is O=C(c1cc(C2CC2)nn1-c1ccccc1)N1CCN(S(=O)(=O)c2ccc(Cl)cc2)CC1. The van der Waals surface area contributed by atoms with Crippen molar-refractivity contribution in [2.75, 3.05) is 26.2 Å². The molecule has 32 heavy (non-hydrogen) atoms. The maximum absolute atomic E-state index is 13.4. The van der Waals surface area contributed by atoms with Gasteiger partial charge in [0.05, 0.1) is 16.3 Å². The smallest absolute Gasteiger partial charge is 0.272 e. The van der Waals surface area contributed by atoms with Crippen LogP contribution in [0.1, 0.15) is 34.9 Å². The molecule has 166 valence electrons. The number of amides is 1. The number of nitrogens with zero attached hydrogens (tertiary/aromatic N) is 4. The summed E-state index contributed by atoms with van der Waals surface area (Å²) in [6.45, 7) is 1.13. The van der Waals surface area contributed by atoms with E-state index < -0.39 is 10.0 Å². The van der Waals surface area contributed by atoms with Crippen LogP contribution < -0.4 is 0 Å². The van der Waals surface area contributed by atoms with Crippen molar-refractivity contribution in [2.24, 2.45) is 0 Å². The fourth-order valence-corrected chi connectivity index (χ4v) is 5.49. The maximum Gasteiger partial charge on any atom is 0.272 e. The summed E-state index contributed by atoms with van der Waals surface area (Å²) in [5.74, 6) is 0.296. The zero-order valence-electron chi connectivity index (χ0n) is 17.4. The predicted octanol–water partition coefficient (Wildman–Crippen LogP) is 3.55. The highest BCUT2D eigenvalue weighted by Crippen LogP contribution is 2.40. The van der Waals surface area contributed by atoms with Gasteiger partial charge in [-0.3, -0.25) is 4.79 Å². The lowest BCUT2D eigenvalue weighted by Gasteiger charge is -2.34. The molecule has 1 saturated heterocycles. The van der Waals surface area contributed by atoms with Crippen molar-refractivity contribution in [3.05, 3.63) is 77.1 Å². The highest BCUT2D eigenvalue weighted by molar-refractivity contribution is 7.89. The van der Waals surface area contributed by atoms with Crippen molar-refractivity contribution in [2.45, 2.75) is 23.7 Å². The zero-order valence-corrected chi connectivity index (χ0v) is 19.0.